The van der Waals surface area contributed by atoms with Gasteiger partial charge in [-0.05, 0) is 42.9 Å². The molecule has 0 heterocycles. The van der Waals surface area contributed by atoms with Crippen molar-refractivity contribution in [1.29, 1.82) is 0 Å². The van der Waals surface area contributed by atoms with Gasteiger partial charge in [0.1, 0.15) is 0 Å². The Morgan fingerprint density at radius 1 is 1.25 bits per heavy atom. The molecule has 0 spiro atoms. The van der Waals surface area contributed by atoms with Gasteiger partial charge in [0, 0.05) is 13.2 Å². The Bertz CT molecular complexity index is 479. The van der Waals surface area contributed by atoms with Gasteiger partial charge in [0.05, 0.1) is 4.90 Å². The van der Waals surface area contributed by atoms with Crippen molar-refractivity contribution in [2.45, 2.75) is 44.4 Å². The summed E-state index contributed by atoms with van der Waals surface area (Å²) in [6.45, 7) is 5.88. The zero-order valence-corrected chi connectivity index (χ0v) is 13.0. The van der Waals surface area contributed by atoms with Gasteiger partial charge in [0.25, 0.3) is 10.1 Å². The maximum atomic E-state index is 10.9. The number of ether oxygens (including phenoxy) is 1. The molecule has 1 unspecified atom stereocenters. The van der Waals surface area contributed by atoms with E-state index in [0.717, 1.165) is 44.5 Å². The summed E-state index contributed by atoms with van der Waals surface area (Å²) in [5, 5.41) is 0. The Kier molecular flexibility index (Phi) is 7.19. The lowest BCUT2D eigenvalue weighted by atomic mass is 10.0. The van der Waals surface area contributed by atoms with Crippen LogP contribution in [0.1, 0.15) is 38.7 Å². The summed E-state index contributed by atoms with van der Waals surface area (Å²) < 4.78 is 36.3. The maximum Gasteiger partial charge on any atom is 0.294 e. The summed E-state index contributed by atoms with van der Waals surface area (Å²) >= 11 is 0. The van der Waals surface area contributed by atoms with Gasteiger partial charge in [-0.25, -0.2) is 0 Å². The number of rotatable bonds is 9. The van der Waals surface area contributed by atoms with Crippen LogP contribution in [0.5, 0.6) is 0 Å². The second-order valence-electron chi connectivity index (χ2n) is 5.19. The highest BCUT2D eigenvalue weighted by atomic mass is 32.2. The van der Waals surface area contributed by atoms with Gasteiger partial charge in [-0.2, -0.15) is 8.42 Å². The summed E-state index contributed by atoms with van der Waals surface area (Å²) in [6, 6.07) is 6.36. The van der Waals surface area contributed by atoms with Crippen molar-refractivity contribution in [1.82, 2.24) is 0 Å². The Morgan fingerprint density at radius 3 is 2.45 bits per heavy atom. The lowest BCUT2D eigenvalue weighted by Crippen LogP contribution is -2.08. The first-order chi connectivity index (χ1) is 9.43. The quantitative estimate of drug-likeness (QED) is 0.561. The van der Waals surface area contributed by atoms with Crippen LogP contribution in [0.4, 0.5) is 0 Å². The Labute approximate surface area is 121 Å². The molecule has 0 aliphatic carbocycles. The molecule has 0 aliphatic rings. The zero-order chi connectivity index (χ0) is 15.0. The second-order valence-corrected chi connectivity index (χ2v) is 6.61. The predicted octanol–water partition coefficient (Wildman–Crippen LogP) is 3.32. The fraction of sp³-hybridized carbons (Fsp3) is 0.600. The summed E-state index contributed by atoms with van der Waals surface area (Å²) in [7, 11) is -4.09. The molecule has 0 aromatic heterocycles. The van der Waals surface area contributed by atoms with Crippen LogP contribution >= 0.6 is 0 Å². The summed E-state index contributed by atoms with van der Waals surface area (Å²) in [5.41, 5.74) is 1.07. The zero-order valence-electron chi connectivity index (χ0n) is 12.2. The molecule has 20 heavy (non-hydrogen) atoms. The predicted molar refractivity (Wildman–Crippen MR) is 79.5 cm³/mol. The van der Waals surface area contributed by atoms with Crippen LogP contribution in [0.3, 0.4) is 0 Å². The van der Waals surface area contributed by atoms with Crippen LogP contribution in [0.25, 0.3) is 0 Å². The third kappa shape index (κ3) is 6.50. The molecule has 0 saturated heterocycles. The SMILES string of the molecule is CCCCOCC(C)CCc1ccc(S(=O)(=O)O)cc1. The molecule has 1 aromatic carbocycles. The highest BCUT2D eigenvalue weighted by molar-refractivity contribution is 7.85. The minimum Gasteiger partial charge on any atom is -0.381 e. The van der Waals surface area contributed by atoms with Crippen LogP contribution in [0.15, 0.2) is 29.2 Å². The molecule has 1 atom stereocenters. The monoisotopic (exact) mass is 300 g/mol. The van der Waals surface area contributed by atoms with Crippen LogP contribution in [-0.2, 0) is 21.3 Å². The lowest BCUT2D eigenvalue weighted by molar-refractivity contribution is 0.0997. The normalized spacial score (nSPS) is 13.3. The Morgan fingerprint density at radius 2 is 1.90 bits per heavy atom. The molecule has 114 valence electrons. The van der Waals surface area contributed by atoms with Crippen LogP contribution in [0, 0.1) is 5.92 Å². The highest BCUT2D eigenvalue weighted by Crippen LogP contribution is 2.14. The van der Waals surface area contributed by atoms with Crippen LogP contribution < -0.4 is 0 Å². The van der Waals surface area contributed by atoms with E-state index < -0.39 is 10.1 Å². The van der Waals surface area contributed by atoms with E-state index in [1.165, 1.54) is 12.1 Å². The number of benzene rings is 1. The first-order valence-electron chi connectivity index (χ1n) is 7.07. The van der Waals surface area contributed by atoms with Crippen molar-refractivity contribution >= 4 is 10.1 Å². The van der Waals surface area contributed by atoms with Gasteiger partial charge in [-0.1, -0.05) is 32.4 Å². The van der Waals surface area contributed by atoms with Gasteiger partial charge >= 0.3 is 0 Å². The fourth-order valence-electron chi connectivity index (χ4n) is 1.86. The highest BCUT2D eigenvalue weighted by Gasteiger charge is 2.09. The molecular weight excluding hydrogens is 276 g/mol. The molecule has 1 rings (SSSR count). The average Bonchev–Trinajstić information content (AvgIpc) is 2.41. The van der Waals surface area contributed by atoms with E-state index in [-0.39, 0.29) is 4.90 Å². The van der Waals surface area contributed by atoms with Gasteiger partial charge < -0.3 is 4.74 Å². The number of aryl methyl sites for hydroxylation is 1. The topological polar surface area (TPSA) is 63.6 Å². The minimum absolute atomic E-state index is 0.0582. The Balaban J connectivity index is 2.35. The van der Waals surface area contributed by atoms with E-state index in [1.807, 2.05) is 0 Å². The second kappa shape index (κ2) is 8.39. The molecule has 5 heteroatoms. The number of hydrogen-bond acceptors (Lipinski definition) is 3. The van der Waals surface area contributed by atoms with Crippen LogP contribution in [0.2, 0.25) is 0 Å². The molecule has 0 bridgehead atoms. The van der Waals surface area contributed by atoms with Gasteiger partial charge in [0.15, 0.2) is 0 Å². The molecule has 0 fully saturated rings. The molecule has 4 nitrogen and oxygen atoms in total. The summed E-state index contributed by atoms with van der Waals surface area (Å²) in [6.07, 6.45) is 4.12. The third-order valence-corrected chi connectivity index (χ3v) is 4.06. The molecule has 1 aromatic rings. The van der Waals surface area contributed by atoms with Crippen molar-refractivity contribution < 1.29 is 17.7 Å². The molecular formula is C15H24O4S. The Hall–Kier alpha value is -0.910. The molecule has 1 N–H and O–H groups in total. The minimum atomic E-state index is -4.09. The van der Waals surface area contributed by atoms with E-state index in [4.69, 9.17) is 9.29 Å². The first-order valence-corrected chi connectivity index (χ1v) is 8.51. The third-order valence-electron chi connectivity index (χ3n) is 3.19. The van der Waals surface area contributed by atoms with E-state index in [1.54, 1.807) is 12.1 Å². The summed E-state index contributed by atoms with van der Waals surface area (Å²) in [5.74, 6) is 0.480. The van der Waals surface area contributed by atoms with Crippen molar-refractivity contribution in [2.24, 2.45) is 5.92 Å². The molecule has 0 amide bonds. The lowest BCUT2D eigenvalue weighted by Gasteiger charge is -2.12. The summed E-state index contributed by atoms with van der Waals surface area (Å²) in [4.78, 5) is -0.0582. The number of unbranched alkanes of at least 4 members (excludes halogenated alkanes) is 1. The van der Waals surface area contributed by atoms with Crippen LogP contribution in [-0.4, -0.2) is 26.2 Å². The van der Waals surface area contributed by atoms with E-state index in [9.17, 15) is 8.42 Å². The van der Waals surface area contributed by atoms with Crippen molar-refractivity contribution in [3.05, 3.63) is 29.8 Å². The maximum absolute atomic E-state index is 10.9. The van der Waals surface area contributed by atoms with E-state index >= 15 is 0 Å². The van der Waals surface area contributed by atoms with E-state index in [2.05, 4.69) is 13.8 Å². The molecule has 0 radical (unpaired) electrons. The molecule has 0 aliphatic heterocycles. The van der Waals surface area contributed by atoms with Crippen molar-refractivity contribution in [2.75, 3.05) is 13.2 Å². The smallest absolute Gasteiger partial charge is 0.294 e. The van der Waals surface area contributed by atoms with E-state index in [0.29, 0.717) is 5.92 Å². The average molecular weight is 300 g/mol. The first kappa shape index (κ1) is 17.1. The number of hydrogen-bond donors (Lipinski definition) is 1. The molecule has 0 saturated carbocycles. The van der Waals surface area contributed by atoms with Crippen molar-refractivity contribution in [3.8, 4) is 0 Å². The van der Waals surface area contributed by atoms with Gasteiger partial charge in [-0.15, -0.1) is 0 Å². The largest absolute Gasteiger partial charge is 0.381 e. The fourth-order valence-corrected chi connectivity index (χ4v) is 2.34. The standard InChI is InChI=1S/C15H24O4S/c1-3-4-11-19-12-13(2)5-6-14-7-9-15(10-8-14)20(16,17)18/h7-10,13H,3-6,11-12H2,1-2H3,(H,16,17,18). The van der Waals surface area contributed by atoms with Crippen molar-refractivity contribution in [3.63, 3.8) is 0 Å². The van der Waals surface area contributed by atoms with Gasteiger partial charge in [0.2, 0.25) is 0 Å². The van der Waals surface area contributed by atoms with Gasteiger partial charge in [-0.3, -0.25) is 4.55 Å².